The van der Waals surface area contributed by atoms with E-state index in [0.29, 0.717) is 17.7 Å². The van der Waals surface area contributed by atoms with Crippen molar-refractivity contribution in [1.29, 1.82) is 0 Å². The second-order valence-corrected chi connectivity index (χ2v) is 6.64. The molecule has 1 fully saturated rings. The van der Waals surface area contributed by atoms with Gasteiger partial charge in [-0.25, -0.2) is 4.98 Å². The lowest BCUT2D eigenvalue weighted by Gasteiger charge is -2.30. The van der Waals surface area contributed by atoms with Gasteiger partial charge in [-0.2, -0.15) is 18.2 Å². The highest BCUT2D eigenvalue weighted by atomic mass is 35.5. The van der Waals surface area contributed by atoms with Crippen LogP contribution in [0.25, 0.3) is 0 Å². The molecule has 0 amide bonds. The zero-order valence-corrected chi connectivity index (χ0v) is 14.4. The topological polar surface area (TPSA) is 41.1 Å². The number of benzene rings is 1. The van der Waals surface area contributed by atoms with Crippen LogP contribution in [0.2, 0.25) is 5.02 Å². The molecule has 1 aromatic carbocycles. The Morgan fingerprint density at radius 3 is 2.60 bits per heavy atom. The molecule has 0 bridgehead atoms. The first-order chi connectivity index (χ1) is 11.8. The summed E-state index contributed by atoms with van der Waals surface area (Å²) in [6, 6.07) is 5.31. The van der Waals surface area contributed by atoms with E-state index in [1.54, 1.807) is 12.3 Å². The summed E-state index contributed by atoms with van der Waals surface area (Å²) >= 11 is 5.64. The maximum absolute atomic E-state index is 13.0. The van der Waals surface area contributed by atoms with Crippen LogP contribution in [-0.4, -0.2) is 23.1 Å². The van der Waals surface area contributed by atoms with Crippen molar-refractivity contribution in [2.45, 2.75) is 25.9 Å². The number of hydrogen-bond donors (Lipinski definition) is 1. The molecule has 1 aliphatic rings. The van der Waals surface area contributed by atoms with Crippen LogP contribution in [0.3, 0.4) is 0 Å². The van der Waals surface area contributed by atoms with E-state index in [1.165, 1.54) is 12.1 Å². The smallest absolute Gasteiger partial charge is 0.341 e. The molecule has 0 radical (unpaired) electrons. The Morgan fingerprint density at radius 1 is 1.20 bits per heavy atom. The van der Waals surface area contributed by atoms with E-state index in [9.17, 15) is 13.2 Å². The van der Waals surface area contributed by atoms with E-state index in [1.807, 2.05) is 0 Å². The molecule has 2 heterocycles. The highest BCUT2D eigenvalue weighted by Gasteiger charge is 2.33. The molecule has 0 spiro atoms. The minimum atomic E-state index is -4.50. The number of aromatic nitrogens is 2. The summed E-state index contributed by atoms with van der Waals surface area (Å²) in [6.45, 7) is 3.97. The molecule has 0 atom stereocenters. The van der Waals surface area contributed by atoms with Crippen molar-refractivity contribution in [2.24, 2.45) is 5.92 Å². The first-order valence-electron chi connectivity index (χ1n) is 8.04. The highest BCUT2D eigenvalue weighted by molar-refractivity contribution is 6.31. The van der Waals surface area contributed by atoms with Gasteiger partial charge in [-0.15, -0.1) is 0 Å². The molecular formula is C17H18ClF3N4. The quantitative estimate of drug-likeness (QED) is 0.813. The predicted molar refractivity (Wildman–Crippen MR) is 92.4 cm³/mol. The number of hydrogen-bond acceptors (Lipinski definition) is 4. The monoisotopic (exact) mass is 370 g/mol. The van der Waals surface area contributed by atoms with Crippen molar-refractivity contribution >= 4 is 29.1 Å². The van der Waals surface area contributed by atoms with Gasteiger partial charge in [0.15, 0.2) is 0 Å². The zero-order valence-electron chi connectivity index (χ0n) is 13.6. The van der Waals surface area contributed by atoms with Crippen LogP contribution in [0.15, 0.2) is 30.5 Å². The van der Waals surface area contributed by atoms with E-state index in [0.717, 1.165) is 32.0 Å². The summed E-state index contributed by atoms with van der Waals surface area (Å²) in [4.78, 5) is 10.8. The van der Waals surface area contributed by atoms with E-state index in [2.05, 4.69) is 27.1 Å². The Morgan fingerprint density at radius 2 is 1.92 bits per heavy atom. The largest absolute Gasteiger partial charge is 0.417 e. The van der Waals surface area contributed by atoms with Gasteiger partial charge in [0.2, 0.25) is 5.95 Å². The van der Waals surface area contributed by atoms with Crippen LogP contribution >= 0.6 is 11.6 Å². The Balaban J connectivity index is 1.79. The fourth-order valence-corrected chi connectivity index (χ4v) is 2.97. The standard InChI is InChI=1S/C17H18ClF3N4/c1-11-5-8-25(9-6-11)16-22-7-4-15(24-16)23-12-2-3-14(18)13(10-12)17(19,20)21/h2-4,7,10-11H,5-6,8-9H2,1H3,(H,22,23,24). The van der Waals surface area contributed by atoms with Gasteiger partial charge in [0, 0.05) is 25.0 Å². The minimum Gasteiger partial charge on any atom is -0.341 e. The van der Waals surface area contributed by atoms with Crippen LogP contribution in [0.5, 0.6) is 0 Å². The zero-order chi connectivity index (χ0) is 18.0. The van der Waals surface area contributed by atoms with Crippen molar-refractivity contribution in [3.63, 3.8) is 0 Å². The second-order valence-electron chi connectivity index (χ2n) is 6.23. The van der Waals surface area contributed by atoms with Crippen molar-refractivity contribution < 1.29 is 13.2 Å². The Kier molecular flexibility index (Phi) is 5.03. The summed E-state index contributed by atoms with van der Waals surface area (Å²) in [7, 11) is 0. The summed E-state index contributed by atoms with van der Waals surface area (Å²) in [5.74, 6) is 1.72. The molecule has 3 rings (SSSR count). The fourth-order valence-electron chi connectivity index (χ4n) is 2.75. The lowest BCUT2D eigenvalue weighted by atomic mass is 10.00. The number of anilines is 3. The van der Waals surface area contributed by atoms with Gasteiger partial charge in [-0.05, 0) is 43.0 Å². The van der Waals surface area contributed by atoms with Crippen molar-refractivity contribution in [2.75, 3.05) is 23.3 Å². The normalized spacial score (nSPS) is 16.1. The van der Waals surface area contributed by atoms with E-state index in [-0.39, 0.29) is 10.7 Å². The third-order valence-corrected chi connectivity index (χ3v) is 4.58. The van der Waals surface area contributed by atoms with Crippen LogP contribution in [0.4, 0.5) is 30.6 Å². The molecule has 134 valence electrons. The van der Waals surface area contributed by atoms with Gasteiger partial charge in [0.25, 0.3) is 0 Å². The molecule has 25 heavy (non-hydrogen) atoms. The molecule has 0 unspecified atom stereocenters. The van der Waals surface area contributed by atoms with Crippen molar-refractivity contribution in [3.8, 4) is 0 Å². The van der Waals surface area contributed by atoms with Crippen LogP contribution < -0.4 is 10.2 Å². The summed E-state index contributed by atoms with van der Waals surface area (Å²) in [6.07, 6.45) is -0.750. The maximum Gasteiger partial charge on any atom is 0.417 e. The number of piperidine rings is 1. The van der Waals surface area contributed by atoms with E-state index < -0.39 is 11.7 Å². The maximum atomic E-state index is 13.0. The van der Waals surface area contributed by atoms with Gasteiger partial charge < -0.3 is 10.2 Å². The van der Waals surface area contributed by atoms with Gasteiger partial charge in [0.1, 0.15) is 5.82 Å². The van der Waals surface area contributed by atoms with E-state index >= 15 is 0 Å². The third-order valence-electron chi connectivity index (χ3n) is 4.25. The summed E-state index contributed by atoms with van der Waals surface area (Å²) in [5, 5.41) is 2.57. The Hall–Kier alpha value is -2.02. The average Bonchev–Trinajstić information content (AvgIpc) is 2.56. The van der Waals surface area contributed by atoms with E-state index in [4.69, 9.17) is 11.6 Å². The molecule has 8 heteroatoms. The van der Waals surface area contributed by atoms with Gasteiger partial charge in [-0.1, -0.05) is 18.5 Å². The number of nitrogens with zero attached hydrogens (tertiary/aromatic N) is 3. The number of halogens is 4. The molecule has 1 saturated heterocycles. The Labute approximate surface area is 149 Å². The van der Waals surface area contributed by atoms with Gasteiger partial charge >= 0.3 is 6.18 Å². The second kappa shape index (κ2) is 7.07. The Bertz CT molecular complexity index is 743. The molecule has 1 N–H and O–H groups in total. The molecule has 2 aromatic rings. The van der Waals surface area contributed by atoms with Crippen LogP contribution in [0.1, 0.15) is 25.3 Å². The SMILES string of the molecule is CC1CCN(c2nccc(Nc3ccc(Cl)c(C(F)(F)F)c3)n2)CC1. The lowest BCUT2D eigenvalue weighted by molar-refractivity contribution is -0.137. The third kappa shape index (κ3) is 4.34. The molecule has 1 aromatic heterocycles. The van der Waals surface area contributed by atoms with Crippen LogP contribution in [0, 0.1) is 5.92 Å². The minimum absolute atomic E-state index is 0.272. The molecular weight excluding hydrogens is 353 g/mol. The molecule has 1 aliphatic heterocycles. The summed E-state index contributed by atoms with van der Waals surface area (Å²) in [5.41, 5.74) is -0.605. The van der Waals surface area contributed by atoms with Crippen LogP contribution in [-0.2, 0) is 6.18 Å². The number of alkyl halides is 3. The van der Waals surface area contributed by atoms with Crippen molar-refractivity contribution in [1.82, 2.24) is 9.97 Å². The predicted octanol–water partition coefficient (Wildman–Crippen LogP) is 5.13. The fraction of sp³-hybridized carbons (Fsp3) is 0.412. The summed E-state index contributed by atoms with van der Waals surface area (Å²) < 4.78 is 38.9. The number of nitrogens with one attached hydrogen (secondary N) is 1. The first-order valence-corrected chi connectivity index (χ1v) is 8.42. The highest BCUT2D eigenvalue weighted by Crippen LogP contribution is 2.36. The molecule has 0 saturated carbocycles. The lowest BCUT2D eigenvalue weighted by Crippen LogP contribution is -2.34. The average molecular weight is 371 g/mol. The van der Waals surface area contributed by atoms with Gasteiger partial charge in [0.05, 0.1) is 10.6 Å². The van der Waals surface area contributed by atoms with Crippen molar-refractivity contribution in [3.05, 3.63) is 41.0 Å². The number of rotatable bonds is 3. The molecule has 4 nitrogen and oxygen atoms in total. The first kappa shape index (κ1) is 17.8. The molecule has 0 aliphatic carbocycles. The van der Waals surface area contributed by atoms with Gasteiger partial charge in [-0.3, -0.25) is 0 Å².